The van der Waals surface area contributed by atoms with Crippen molar-refractivity contribution in [2.75, 3.05) is 14.2 Å². The highest BCUT2D eigenvalue weighted by Crippen LogP contribution is 2.51. The molecule has 1 aliphatic heterocycles. The number of fused-ring (bicyclic) bond motifs is 2. The predicted octanol–water partition coefficient (Wildman–Crippen LogP) is 5.04. The maximum absolute atomic E-state index is 6.35. The lowest BCUT2D eigenvalue weighted by Crippen LogP contribution is -2.40. The Bertz CT molecular complexity index is 1150. The Labute approximate surface area is 184 Å². The van der Waals surface area contributed by atoms with Crippen LogP contribution in [-0.4, -0.2) is 14.2 Å². The van der Waals surface area contributed by atoms with Crippen molar-refractivity contribution in [3.63, 3.8) is 0 Å². The van der Waals surface area contributed by atoms with E-state index in [9.17, 15) is 0 Å². The summed E-state index contributed by atoms with van der Waals surface area (Å²) < 4.78 is 18.7. The lowest BCUT2D eigenvalue weighted by Gasteiger charge is -2.40. The summed E-state index contributed by atoms with van der Waals surface area (Å²) in [7, 11) is 2.53. The smallest absolute Gasteiger partial charge is 0.229 e. The first-order valence-corrected chi connectivity index (χ1v) is 11.5. The highest BCUT2D eigenvalue weighted by atomic mass is 31.1. The van der Waals surface area contributed by atoms with Crippen molar-refractivity contribution in [2.45, 2.75) is 5.79 Å². The molecule has 0 atom stereocenters. The zero-order valence-electron chi connectivity index (χ0n) is 17.5. The number of methoxy groups -OCH3 is 2. The monoisotopic (exact) mass is 426 g/mol. The quantitative estimate of drug-likeness (QED) is 0.330. The average molecular weight is 426 g/mol. The van der Waals surface area contributed by atoms with Crippen molar-refractivity contribution < 1.29 is 14.2 Å². The molecule has 3 nitrogen and oxygen atoms in total. The molecule has 1 aliphatic rings. The predicted molar refractivity (Wildman–Crippen MR) is 126 cm³/mol. The zero-order valence-corrected chi connectivity index (χ0v) is 18.4. The van der Waals surface area contributed by atoms with Gasteiger partial charge < -0.3 is 14.2 Å². The van der Waals surface area contributed by atoms with Crippen molar-refractivity contribution in [1.82, 2.24) is 0 Å². The maximum atomic E-state index is 6.35. The van der Waals surface area contributed by atoms with Crippen molar-refractivity contribution in [3.8, 4) is 11.5 Å². The molecule has 0 unspecified atom stereocenters. The summed E-state index contributed by atoms with van der Waals surface area (Å²) in [5, 5.41) is 3.68. The van der Waals surface area contributed by atoms with Gasteiger partial charge in [-0.1, -0.05) is 84.9 Å². The van der Waals surface area contributed by atoms with E-state index < -0.39 is 13.7 Å². The Morgan fingerprint density at radius 2 is 1.16 bits per heavy atom. The molecule has 0 radical (unpaired) electrons. The number of benzene rings is 4. The molecular weight excluding hydrogens is 403 g/mol. The fourth-order valence-electron chi connectivity index (χ4n) is 4.29. The van der Waals surface area contributed by atoms with Gasteiger partial charge in [-0.05, 0) is 42.0 Å². The number of hydrogen-bond acceptors (Lipinski definition) is 3. The van der Waals surface area contributed by atoms with Gasteiger partial charge in [0.1, 0.15) is 11.5 Å². The fourth-order valence-corrected chi connectivity index (χ4v) is 6.80. The van der Waals surface area contributed by atoms with Gasteiger partial charge in [-0.15, -0.1) is 0 Å². The minimum absolute atomic E-state index is 0.750. The van der Waals surface area contributed by atoms with Crippen LogP contribution in [0.5, 0.6) is 11.5 Å². The Hall–Kier alpha value is -2.97. The topological polar surface area (TPSA) is 27.7 Å². The molecule has 1 heterocycles. The summed E-state index contributed by atoms with van der Waals surface area (Å²) in [5.41, 5.74) is 1.80. The molecule has 0 amide bonds. The Morgan fingerprint density at radius 1 is 0.613 bits per heavy atom. The summed E-state index contributed by atoms with van der Waals surface area (Å²) in [6, 6.07) is 35.4. The second-order valence-electron chi connectivity index (χ2n) is 7.28. The standard InChI is InChI=1S/C27H23O3P/c1-28-27(29-2)22-16-9-10-17-23(22)30-24-18-11-19-25(26(24)27)31(20-12-5-3-6-13-20)21-14-7-4-8-15-21/h3-19H,1-2H3. The lowest BCUT2D eigenvalue weighted by molar-refractivity contribution is -0.187. The molecule has 0 aliphatic carbocycles. The molecule has 4 heteroatoms. The second-order valence-corrected chi connectivity index (χ2v) is 9.47. The first-order valence-electron chi connectivity index (χ1n) is 10.2. The van der Waals surface area contributed by atoms with Crippen molar-refractivity contribution in [2.24, 2.45) is 0 Å². The number of rotatable bonds is 5. The Kier molecular flexibility index (Phi) is 5.33. The van der Waals surface area contributed by atoms with Crippen LogP contribution in [0.4, 0.5) is 0 Å². The van der Waals surface area contributed by atoms with Crippen LogP contribution < -0.4 is 20.7 Å². The van der Waals surface area contributed by atoms with Crippen LogP contribution in [0.1, 0.15) is 11.1 Å². The van der Waals surface area contributed by atoms with Gasteiger partial charge in [0.05, 0.1) is 11.1 Å². The largest absolute Gasteiger partial charge is 0.456 e. The molecule has 0 N–H and O–H groups in total. The van der Waals surface area contributed by atoms with Crippen LogP contribution in [0.3, 0.4) is 0 Å². The summed E-state index contributed by atoms with van der Waals surface area (Å²) in [5.74, 6) is 0.462. The molecular formula is C27H23O3P. The Morgan fingerprint density at radius 3 is 1.77 bits per heavy atom. The van der Waals surface area contributed by atoms with Crippen molar-refractivity contribution in [1.29, 1.82) is 0 Å². The van der Waals surface area contributed by atoms with Gasteiger partial charge in [-0.25, -0.2) is 0 Å². The molecule has 0 saturated carbocycles. The third-order valence-corrected chi connectivity index (χ3v) is 8.12. The first-order chi connectivity index (χ1) is 15.3. The van der Waals surface area contributed by atoms with E-state index in [1.807, 2.05) is 30.3 Å². The molecule has 4 aromatic carbocycles. The molecule has 0 saturated heterocycles. The van der Waals surface area contributed by atoms with Crippen LogP contribution >= 0.6 is 7.92 Å². The van der Waals surface area contributed by atoms with Crippen molar-refractivity contribution in [3.05, 3.63) is 114 Å². The van der Waals surface area contributed by atoms with E-state index in [-0.39, 0.29) is 0 Å². The van der Waals surface area contributed by atoms with E-state index in [0.717, 1.165) is 27.9 Å². The van der Waals surface area contributed by atoms with Gasteiger partial charge in [-0.3, -0.25) is 0 Å². The minimum Gasteiger partial charge on any atom is -0.456 e. The summed E-state index contributed by atoms with van der Waals surface area (Å²) in [6.07, 6.45) is 0. The third kappa shape index (κ3) is 3.26. The second kappa shape index (κ2) is 8.28. The Balaban J connectivity index is 1.81. The summed E-state index contributed by atoms with van der Waals surface area (Å²) in [6.45, 7) is 0. The number of ether oxygens (including phenoxy) is 3. The first kappa shape index (κ1) is 20.0. The van der Waals surface area contributed by atoms with Crippen molar-refractivity contribution >= 4 is 23.8 Å². The van der Waals surface area contributed by atoms with Crippen LogP contribution in [-0.2, 0) is 15.3 Å². The van der Waals surface area contributed by atoms with Gasteiger partial charge in [0.25, 0.3) is 0 Å². The number of para-hydroxylation sites is 1. The average Bonchev–Trinajstić information content (AvgIpc) is 2.84. The minimum atomic E-state index is -1.05. The normalized spacial score (nSPS) is 13.9. The summed E-state index contributed by atoms with van der Waals surface area (Å²) >= 11 is 0. The van der Waals surface area contributed by atoms with E-state index in [4.69, 9.17) is 14.2 Å². The van der Waals surface area contributed by atoms with E-state index in [1.165, 1.54) is 10.6 Å². The molecule has 0 fully saturated rings. The van der Waals surface area contributed by atoms with E-state index in [1.54, 1.807) is 14.2 Å². The van der Waals surface area contributed by atoms with E-state index in [2.05, 4.69) is 72.8 Å². The van der Waals surface area contributed by atoms with Gasteiger partial charge in [0.2, 0.25) is 5.79 Å². The lowest BCUT2D eigenvalue weighted by atomic mass is 9.93. The molecule has 31 heavy (non-hydrogen) atoms. The van der Waals surface area contributed by atoms with Crippen LogP contribution in [0.25, 0.3) is 0 Å². The van der Waals surface area contributed by atoms with Gasteiger partial charge in [0.15, 0.2) is 0 Å². The maximum Gasteiger partial charge on any atom is 0.229 e. The molecule has 0 aromatic heterocycles. The molecule has 5 rings (SSSR count). The van der Waals surface area contributed by atoms with Crippen LogP contribution in [0.15, 0.2) is 103 Å². The van der Waals surface area contributed by atoms with Crippen LogP contribution in [0.2, 0.25) is 0 Å². The molecule has 0 spiro atoms. The summed E-state index contributed by atoms with van der Waals surface area (Å²) in [4.78, 5) is 0. The van der Waals surface area contributed by atoms with Gasteiger partial charge in [0, 0.05) is 14.2 Å². The number of hydrogen-bond donors (Lipinski definition) is 0. The van der Waals surface area contributed by atoms with Gasteiger partial charge >= 0.3 is 0 Å². The SMILES string of the molecule is COC1(OC)c2ccccc2Oc2cccc(P(c3ccccc3)c3ccccc3)c21. The molecule has 4 aromatic rings. The fraction of sp³-hybridized carbons (Fsp3) is 0.111. The van der Waals surface area contributed by atoms with Gasteiger partial charge in [-0.2, -0.15) is 0 Å². The van der Waals surface area contributed by atoms with Crippen LogP contribution in [0, 0.1) is 0 Å². The highest BCUT2D eigenvalue weighted by Gasteiger charge is 2.46. The molecule has 0 bridgehead atoms. The highest BCUT2D eigenvalue weighted by molar-refractivity contribution is 7.79. The zero-order chi connectivity index (χ0) is 21.3. The third-order valence-electron chi connectivity index (χ3n) is 5.64. The van der Waals surface area contributed by atoms with E-state index >= 15 is 0 Å². The molecule has 154 valence electrons. The van der Waals surface area contributed by atoms with E-state index in [0.29, 0.717) is 0 Å².